The molecule has 0 fully saturated rings. The Morgan fingerprint density at radius 1 is 1.50 bits per heavy atom. The molecule has 0 aliphatic heterocycles. The predicted octanol–water partition coefficient (Wildman–Crippen LogP) is 1.93. The molecule has 2 aromatic rings. The van der Waals surface area contributed by atoms with Crippen LogP contribution in [0.2, 0.25) is 0 Å². The van der Waals surface area contributed by atoms with Crippen molar-refractivity contribution in [3.63, 3.8) is 0 Å². The van der Waals surface area contributed by atoms with E-state index < -0.39 is 0 Å². The van der Waals surface area contributed by atoms with Gasteiger partial charge in [0.2, 0.25) is 5.95 Å². The summed E-state index contributed by atoms with van der Waals surface area (Å²) in [6.07, 6.45) is 4.09. The van der Waals surface area contributed by atoms with E-state index in [0.29, 0.717) is 17.3 Å². The zero-order valence-electron chi connectivity index (χ0n) is 11.8. The third-order valence-electron chi connectivity index (χ3n) is 2.95. The maximum Gasteiger partial charge on any atom is 0.221 e. The van der Waals surface area contributed by atoms with E-state index in [1.54, 1.807) is 6.20 Å². The summed E-state index contributed by atoms with van der Waals surface area (Å²) in [4.78, 5) is 4.05. The molecule has 0 atom stereocenters. The minimum atomic E-state index is 0.0591. The van der Waals surface area contributed by atoms with Gasteiger partial charge < -0.3 is 15.6 Å². The summed E-state index contributed by atoms with van der Waals surface area (Å²) < 4.78 is 6.61. The summed E-state index contributed by atoms with van der Waals surface area (Å²) in [7, 11) is 1.52. The summed E-state index contributed by atoms with van der Waals surface area (Å²) in [6, 6.07) is 3.67. The Balaban J connectivity index is 2.40. The van der Waals surface area contributed by atoms with Crippen LogP contribution in [0.1, 0.15) is 23.7 Å². The van der Waals surface area contributed by atoms with Crippen LogP contribution in [0.3, 0.4) is 0 Å². The Morgan fingerprint density at radius 3 is 2.80 bits per heavy atom. The number of anilines is 1. The van der Waals surface area contributed by atoms with Crippen LogP contribution >= 0.6 is 0 Å². The van der Waals surface area contributed by atoms with Gasteiger partial charge in [0.1, 0.15) is 0 Å². The summed E-state index contributed by atoms with van der Waals surface area (Å²) in [5, 5.41) is 14.3. The number of hydrogen-bond acceptors (Lipinski definition) is 5. The van der Waals surface area contributed by atoms with Gasteiger partial charge in [-0.3, -0.25) is 0 Å². The maximum absolute atomic E-state index is 10.1. The number of nitrogens with zero attached hydrogens (tertiary/aromatic N) is 3. The lowest BCUT2D eigenvalue weighted by Crippen LogP contribution is -1.98. The van der Waals surface area contributed by atoms with E-state index in [1.165, 1.54) is 18.0 Å². The van der Waals surface area contributed by atoms with Crippen molar-refractivity contribution in [3.05, 3.63) is 35.2 Å². The van der Waals surface area contributed by atoms with Crippen molar-refractivity contribution in [2.75, 3.05) is 12.8 Å². The number of benzene rings is 1. The van der Waals surface area contributed by atoms with Gasteiger partial charge in [-0.15, -0.1) is 0 Å². The van der Waals surface area contributed by atoms with Gasteiger partial charge in [-0.25, -0.2) is 9.66 Å². The fourth-order valence-electron chi connectivity index (χ4n) is 1.87. The minimum Gasteiger partial charge on any atom is -0.504 e. The van der Waals surface area contributed by atoms with E-state index in [9.17, 15) is 5.11 Å². The third kappa shape index (κ3) is 2.74. The Bertz CT molecular complexity index is 647. The normalized spacial score (nSPS) is 11.2. The lowest BCUT2D eigenvalue weighted by atomic mass is 10.1. The Hall–Kier alpha value is -2.50. The van der Waals surface area contributed by atoms with E-state index in [1.807, 2.05) is 26.0 Å². The second-order valence-corrected chi connectivity index (χ2v) is 4.42. The minimum absolute atomic E-state index is 0.0591. The number of hydrogen-bond donors (Lipinski definition) is 2. The molecule has 2 rings (SSSR count). The first-order valence-electron chi connectivity index (χ1n) is 6.30. The second-order valence-electron chi connectivity index (χ2n) is 4.42. The Kier molecular flexibility index (Phi) is 3.93. The molecule has 0 aliphatic carbocycles. The number of imidazole rings is 1. The number of aryl methyl sites for hydroxylation is 2. The molecule has 0 saturated carbocycles. The highest BCUT2D eigenvalue weighted by Crippen LogP contribution is 2.30. The molecule has 0 unspecified atom stereocenters. The lowest BCUT2D eigenvalue weighted by molar-refractivity contribution is 0.372. The van der Waals surface area contributed by atoms with Crippen LogP contribution in [-0.2, 0) is 6.42 Å². The van der Waals surface area contributed by atoms with Gasteiger partial charge in [0, 0.05) is 5.56 Å². The Labute approximate surface area is 117 Å². The van der Waals surface area contributed by atoms with E-state index >= 15 is 0 Å². The molecule has 20 heavy (non-hydrogen) atoms. The number of rotatable bonds is 4. The van der Waals surface area contributed by atoms with Gasteiger partial charge in [0.05, 0.1) is 25.2 Å². The molecule has 0 saturated heterocycles. The fourth-order valence-corrected chi connectivity index (χ4v) is 1.87. The number of methoxy groups -OCH3 is 1. The fraction of sp³-hybridized carbons (Fsp3) is 0.286. The van der Waals surface area contributed by atoms with Crippen molar-refractivity contribution in [2.45, 2.75) is 20.3 Å². The number of aromatic nitrogens is 2. The first-order chi connectivity index (χ1) is 9.55. The molecule has 0 aliphatic rings. The highest BCUT2D eigenvalue weighted by Gasteiger charge is 2.09. The molecule has 1 aromatic carbocycles. The van der Waals surface area contributed by atoms with Gasteiger partial charge >= 0.3 is 0 Å². The van der Waals surface area contributed by atoms with Crippen LogP contribution in [0, 0.1) is 6.92 Å². The topological polar surface area (TPSA) is 85.7 Å². The molecule has 1 heterocycles. The standard InChI is InChI=1S/C14H18N4O2/c1-4-10-5-11(13(19)12(6-10)20-3)7-16-18-8-9(2)17-14(18)15/h5-8,19H,4H2,1-3H3,(H2,15,17). The molecular weight excluding hydrogens is 256 g/mol. The summed E-state index contributed by atoms with van der Waals surface area (Å²) in [5.41, 5.74) is 8.12. The van der Waals surface area contributed by atoms with Crippen molar-refractivity contribution in [1.82, 2.24) is 9.66 Å². The van der Waals surface area contributed by atoms with Crippen molar-refractivity contribution in [1.29, 1.82) is 0 Å². The van der Waals surface area contributed by atoms with Crippen LogP contribution < -0.4 is 10.5 Å². The van der Waals surface area contributed by atoms with Crippen LogP contribution in [0.4, 0.5) is 5.95 Å². The van der Waals surface area contributed by atoms with Gasteiger partial charge in [-0.1, -0.05) is 6.92 Å². The number of phenolic OH excluding ortho intramolecular Hbond substituents is 1. The molecule has 3 N–H and O–H groups in total. The molecule has 0 bridgehead atoms. The zero-order chi connectivity index (χ0) is 14.7. The van der Waals surface area contributed by atoms with Gasteiger partial charge in [-0.05, 0) is 31.0 Å². The molecular formula is C14H18N4O2. The van der Waals surface area contributed by atoms with Crippen LogP contribution in [0.5, 0.6) is 11.5 Å². The lowest BCUT2D eigenvalue weighted by Gasteiger charge is -2.08. The third-order valence-corrected chi connectivity index (χ3v) is 2.95. The average Bonchev–Trinajstić information content (AvgIpc) is 2.76. The second kappa shape index (κ2) is 5.64. The van der Waals surface area contributed by atoms with Crippen molar-refractivity contribution >= 4 is 12.2 Å². The number of ether oxygens (including phenoxy) is 1. The number of aromatic hydroxyl groups is 1. The highest BCUT2D eigenvalue weighted by atomic mass is 16.5. The van der Waals surface area contributed by atoms with Crippen molar-refractivity contribution in [3.8, 4) is 11.5 Å². The molecule has 106 valence electrons. The van der Waals surface area contributed by atoms with Gasteiger partial charge in [0.25, 0.3) is 0 Å². The van der Waals surface area contributed by atoms with E-state index in [-0.39, 0.29) is 5.75 Å². The molecule has 6 nitrogen and oxygen atoms in total. The van der Waals surface area contributed by atoms with Crippen LogP contribution in [-0.4, -0.2) is 28.1 Å². The molecule has 0 amide bonds. The highest BCUT2D eigenvalue weighted by molar-refractivity contribution is 5.85. The van der Waals surface area contributed by atoms with E-state index in [2.05, 4.69) is 10.1 Å². The van der Waals surface area contributed by atoms with Crippen molar-refractivity contribution < 1.29 is 9.84 Å². The number of phenols is 1. The first-order valence-corrected chi connectivity index (χ1v) is 6.30. The van der Waals surface area contributed by atoms with Crippen LogP contribution in [0.15, 0.2) is 23.4 Å². The quantitative estimate of drug-likeness (QED) is 0.834. The molecule has 0 spiro atoms. The average molecular weight is 274 g/mol. The summed E-state index contributed by atoms with van der Waals surface area (Å²) in [6.45, 7) is 3.87. The monoisotopic (exact) mass is 274 g/mol. The summed E-state index contributed by atoms with van der Waals surface area (Å²) in [5.74, 6) is 0.793. The maximum atomic E-state index is 10.1. The molecule has 1 aromatic heterocycles. The van der Waals surface area contributed by atoms with Crippen LogP contribution in [0.25, 0.3) is 0 Å². The van der Waals surface area contributed by atoms with E-state index in [4.69, 9.17) is 10.5 Å². The van der Waals surface area contributed by atoms with Gasteiger partial charge in [-0.2, -0.15) is 5.10 Å². The molecule has 6 heteroatoms. The SMILES string of the molecule is CCc1cc(C=Nn2cc(C)nc2N)c(O)c(OC)c1. The summed E-state index contributed by atoms with van der Waals surface area (Å²) >= 11 is 0. The first kappa shape index (κ1) is 13.9. The Morgan fingerprint density at radius 2 is 2.25 bits per heavy atom. The number of nitrogens with two attached hydrogens (primary N) is 1. The molecule has 0 radical (unpaired) electrons. The van der Waals surface area contributed by atoms with E-state index in [0.717, 1.165) is 17.7 Å². The predicted molar refractivity (Wildman–Crippen MR) is 78.4 cm³/mol. The van der Waals surface area contributed by atoms with Gasteiger partial charge in [0.15, 0.2) is 11.5 Å². The largest absolute Gasteiger partial charge is 0.504 e. The smallest absolute Gasteiger partial charge is 0.221 e. The zero-order valence-corrected chi connectivity index (χ0v) is 11.8. The number of nitrogen functional groups attached to an aromatic ring is 1. The van der Waals surface area contributed by atoms with Crippen molar-refractivity contribution in [2.24, 2.45) is 5.10 Å².